The van der Waals surface area contributed by atoms with Crippen molar-refractivity contribution in [3.63, 3.8) is 0 Å². The molecule has 1 aromatic heterocycles. The third-order valence-corrected chi connectivity index (χ3v) is 5.20. The quantitative estimate of drug-likeness (QED) is 0.669. The summed E-state index contributed by atoms with van der Waals surface area (Å²) < 4.78 is 23.1. The zero-order chi connectivity index (χ0) is 19.1. The molecule has 0 saturated carbocycles. The molecule has 0 N–H and O–H groups in total. The lowest BCUT2D eigenvalue weighted by molar-refractivity contribution is -0.0205. The van der Waals surface area contributed by atoms with Gasteiger partial charge in [0.05, 0.1) is 32.1 Å². The second kappa shape index (κ2) is 6.64. The summed E-state index contributed by atoms with van der Waals surface area (Å²) in [5, 5.41) is 6.87. The lowest BCUT2D eigenvalue weighted by Crippen LogP contribution is -2.34. The van der Waals surface area contributed by atoms with Crippen LogP contribution < -0.4 is 14.2 Å². The second-order valence-corrected chi connectivity index (χ2v) is 6.71. The molecule has 2 aliphatic rings. The van der Waals surface area contributed by atoms with Crippen molar-refractivity contribution in [1.29, 1.82) is 0 Å². The Morgan fingerprint density at radius 1 is 0.964 bits per heavy atom. The molecule has 0 unspecified atom stereocenters. The number of para-hydroxylation sites is 2. The van der Waals surface area contributed by atoms with E-state index >= 15 is 0 Å². The van der Waals surface area contributed by atoms with Crippen LogP contribution in [0.25, 0.3) is 0 Å². The Labute approximate surface area is 162 Å². The Balaban J connectivity index is 1.64. The van der Waals surface area contributed by atoms with Crippen molar-refractivity contribution < 1.29 is 18.6 Å². The van der Waals surface area contributed by atoms with E-state index in [0.29, 0.717) is 11.5 Å². The van der Waals surface area contributed by atoms with Crippen molar-refractivity contribution in [2.75, 3.05) is 14.2 Å². The Morgan fingerprint density at radius 2 is 1.82 bits per heavy atom. The minimum atomic E-state index is -0.433. The van der Waals surface area contributed by atoms with Gasteiger partial charge in [-0.05, 0) is 30.3 Å². The summed E-state index contributed by atoms with van der Waals surface area (Å²) in [7, 11) is 3.27. The van der Waals surface area contributed by atoms with Crippen LogP contribution in [0.3, 0.4) is 0 Å². The highest BCUT2D eigenvalue weighted by Crippen LogP contribution is 2.49. The monoisotopic (exact) mass is 376 g/mol. The van der Waals surface area contributed by atoms with Gasteiger partial charge in [-0.3, -0.25) is 0 Å². The molecule has 6 heteroatoms. The van der Waals surface area contributed by atoms with Gasteiger partial charge in [-0.15, -0.1) is 0 Å². The SMILES string of the molecule is COc1cccc([C@@H]2Oc3ccccc3[C@@H]3CC(c4ccco4)=NN32)c1OC. The molecule has 0 radical (unpaired) electrons. The number of furan rings is 1. The molecule has 0 bridgehead atoms. The fourth-order valence-electron chi connectivity index (χ4n) is 3.94. The molecule has 142 valence electrons. The predicted octanol–water partition coefficient (Wildman–Crippen LogP) is 4.54. The summed E-state index contributed by atoms with van der Waals surface area (Å²) in [4.78, 5) is 0. The molecule has 6 nitrogen and oxygen atoms in total. The van der Waals surface area contributed by atoms with Crippen LogP contribution in [0.15, 0.2) is 70.4 Å². The number of fused-ring (bicyclic) bond motifs is 3. The van der Waals surface area contributed by atoms with Crippen molar-refractivity contribution in [3.05, 3.63) is 77.7 Å². The number of hydrazone groups is 1. The molecule has 28 heavy (non-hydrogen) atoms. The van der Waals surface area contributed by atoms with E-state index in [1.165, 1.54) is 0 Å². The first-order valence-electron chi connectivity index (χ1n) is 9.16. The van der Waals surface area contributed by atoms with E-state index < -0.39 is 6.23 Å². The van der Waals surface area contributed by atoms with Gasteiger partial charge >= 0.3 is 0 Å². The van der Waals surface area contributed by atoms with Crippen LogP contribution in [0.1, 0.15) is 35.6 Å². The van der Waals surface area contributed by atoms with Gasteiger partial charge in [-0.2, -0.15) is 5.10 Å². The maximum Gasteiger partial charge on any atom is 0.217 e. The molecule has 5 rings (SSSR count). The Hall–Kier alpha value is -3.41. The summed E-state index contributed by atoms with van der Waals surface area (Å²) >= 11 is 0. The summed E-state index contributed by atoms with van der Waals surface area (Å²) in [6.45, 7) is 0. The summed E-state index contributed by atoms with van der Waals surface area (Å²) in [6.07, 6.45) is 1.98. The highest BCUT2D eigenvalue weighted by atomic mass is 16.5. The van der Waals surface area contributed by atoms with Crippen LogP contribution >= 0.6 is 0 Å². The molecular formula is C22H20N2O4. The fraction of sp³-hybridized carbons (Fsp3) is 0.227. The number of nitrogens with zero attached hydrogens (tertiary/aromatic N) is 2. The van der Waals surface area contributed by atoms with Crippen molar-refractivity contribution in [3.8, 4) is 17.2 Å². The minimum absolute atomic E-state index is 0.0611. The Bertz CT molecular complexity index is 1030. The number of benzene rings is 2. The third kappa shape index (κ3) is 2.52. The zero-order valence-corrected chi connectivity index (χ0v) is 15.7. The summed E-state index contributed by atoms with van der Waals surface area (Å²) in [5.41, 5.74) is 2.89. The Morgan fingerprint density at radius 3 is 2.61 bits per heavy atom. The van der Waals surface area contributed by atoms with Gasteiger partial charge in [-0.25, -0.2) is 5.01 Å². The van der Waals surface area contributed by atoms with Crippen molar-refractivity contribution >= 4 is 5.71 Å². The number of hydrogen-bond donors (Lipinski definition) is 0. The largest absolute Gasteiger partial charge is 0.493 e. The van der Waals surface area contributed by atoms with Crippen molar-refractivity contribution in [2.45, 2.75) is 18.7 Å². The van der Waals surface area contributed by atoms with Crippen molar-refractivity contribution in [2.24, 2.45) is 5.10 Å². The van der Waals surface area contributed by atoms with Gasteiger partial charge in [-0.1, -0.05) is 24.3 Å². The first-order valence-corrected chi connectivity index (χ1v) is 9.16. The number of rotatable bonds is 4. The van der Waals surface area contributed by atoms with E-state index in [1.807, 2.05) is 53.5 Å². The minimum Gasteiger partial charge on any atom is -0.493 e. The first-order chi connectivity index (χ1) is 13.8. The fourth-order valence-corrected chi connectivity index (χ4v) is 3.94. The van der Waals surface area contributed by atoms with Gasteiger partial charge in [0.2, 0.25) is 6.23 Å². The van der Waals surface area contributed by atoms with E-state index in [-0.39, 0.29) is 6.04 Å². The molecule has 0 aliphatic carbocycles. The van der Waals surface area contributed by atoms with Crippen LogP contribution in [0.2, 0.25) is 0 Å². The molecule has 2 aliphatic heterocycles. The van der Waals surface area contributed by atoms with Crippen LogP contribution in [0.5, 0.6) is 17.2 Å². The average molecular weight is 376 g/mol. The van der Waals surface area contributed by atoms with Crippen LogP contribution in [-0.4, -0.2) is 24.9 Å². The standard InChI is InChI=1S/C22H20N2O4/c1-25-20-10-5-8-15(21(20)26-2)22-24-17(14-7-3-4-9-18(14)28-22)13-16(23-24)19-11-6-12-27-19/h3-12,17,22H,13H2,1-2H3/t17-,22-/m0/s1. The molecule has 0 saturated heterocycles. The van der Waals surface area contributed by atoms with Crippen molar-refractivity contribution in [1.82, 2.24) is 5.01 Å². The van der Waals surface area contributed by atoms with Crippen LogP contribution in [-0.2, 0) is 0 Å². The van der Waals surface area contributed by atoms with Gasteiger partial charge in [0.15, 0.2) is 11.5 Å². The van der Waals surface area contributed by atoms with E-state index in [4.69, 9.17) is 23.7 Å². The molecular weight excluding hydrogens is 356 g/mol. The highest BCUT2D eigenvalue weighted by molar-refractivity contribution is 5.99. The van der Waals surface area contributed by atoms with E-state index in [2.05, 4.69) is 6.07 Å². The normalized spacial score (nSPS) is 20.1. The summed E-state index contributed by atoms with van der Waals surface area (Å²) in [6, 6.07) is 17.8. The second-order valence-electron chi connectivity index (χ2n) is 6.71. The molecule has 2 aromatic carbocycles. The molecule has 0 amide bonds. The molecule has 0 fully saturated rings. The van der Waals surface area contributed by atoms with Crippen LogP contribution in [0.4, 0.5) is 0 Å². The van der Waals surface area contributed by atoms with Gasteiger partial charge < -0.3 is 18.6 Å². The van der Waals surface area contributed by atoms with E-state index in [9.17, 15) is 0 Å². The zero-order valence-electron chi connectivity index (χ0n) is 15.7. The van der Waals surface area contributed by atoms with E-state index in [0.717, 1.165) is 34.8 Å². The number of methoxy groups -OCH3 is 2. The molecule has 3 aromatic rings. The maximum atomic E-state index is 6.39. The molecule has 3 heterocycles. The lowest BCUT2D eigenvalue weighted by Gasteiger charge is -2.38. The predicted molar refractivity (Wildman–Crippen MR) is 104 cm³/mol. The van der Waals surface area contributed by atoms with Gasteiger partial charge in [0.25, 0.3) is 0 Å². The number of ether oxygens (including phenoxy) is 3. The smallest absolute Gasteiger partial charge is 0.217 e. The van der Waals surface area contributed by atoms with E-state index in [1.54, 1.807) is 20.5 Å². The van der Waals surface area contributed by atoms with Crippen LogP contribution in [0, 0.1) is 0 Å². The Kier molecular flexibility index (Phi) is 3.97. The molecule has 0 spiro atoms. The first kappa shape index (κ1) is 16.7. The maximum absolute atomic E-state index is 6.39. The molecule has 2 atom stereocenters. The lowest BCUT2D eigenvalue weighted by atomic mass is 9.97. The average Bonchev–Trinajstić information content (AvgIpc) is 3.42. The topological polar surface area (TPSA) is 56.4 Å². The third-order valence-electron chi connectivity index (χ3n) is 5.20. The highest BCUT2D eigenvalue weighted by Gasteiger charge is 2.42. The van der Waals surface area contributed by atoms with Gasteiger partial charge in [0, 0.05) is 12.0 Å². The number of hydrogen-bond acceptors (Lipinski definition) is 6. The van der Waals surface area contributed by atoms with Gasteiger partial charge in [0.1, 0.15) is 17.2 Å². The summed E-state index contributed by atoms with van der Waals surface area (Å²) in [5.74, 6) is 2.95.